The number of nitrogens with two attached hydrogens (primary N) is 2. The fourth-order valence-electron chi connectivity index (χ4n) is 3.59. The number of nitrogens with one attached hydrogen (secondary N) is 1. The molecule has 148 valence electrons. The van der Waals surface area contributed by atoms with Gasteiger partial charge in [-0.25, -0.2) is 10.3 Å². The molecule has 0 bridgehead atoms. The van der Waals surface area contributed by atoms with Gasteiger partial charge in [0.2, 0.25) is 0 Å². The van der Waals surface area contributed by atoms with Crippen LogP contribution in [-0.2, 0) is 14.4 Å². The molecule has 1 atom stereocenters. The summed E-state index contributed by atoms with van der Waals surface area (Å²) in [6.07, 6.45) is 1.02. The number of rotatable bonds is 9. The molecule has 2 aromatic carbocycles. The van der Waals surface area contributed by atoms with Crippen LogP contribution in [0.3, 0.4) is 0 Å². The number of benzene rings is 2. The molecule has 0 unspecified atom stereocenters. The second-order valence-corrected chi connectivity index (χ2v) is 6.99. The molecular weight excluding hydrogens is 358 g/mol. The molecular formula is C21H25N3O4. The van der Waals surface area contributed by atoms with Crippen molar-refractivity contribution in [2.45, 2.75) is 30.7 Å². The molecule has 2 aromatic rings. The maximum absolute atomic E-state index is 12.4. The molecule has 3 rings (SSSR count). The van der Waals surface area contributed by atoms with Gasteiger partial charge in [0.15, 0.2) is 5.54 Å². The van der Waals surface area contributed by atoms with Crippen molar-refractivity contribution >= 4 is 11.9 Å². The molecule has 28 heavy (non-hydrogen) atoms. The molecule has 6 N–H and O–H groups in total. The van der Waals surface area contributed by atoms with Crippen molar-refractivity contribution in [2.24, 2.45) is 11.5 Å². The van der Waals surface area contributed by atoms with Crippen LogP contribution in [0.1, 0.15) is 36.3 Å². The first-order chi connectivity index (χ1) is 13.5. The first-order valence-corrected chi connectivity index (χ1v) is 9.32. The molecule has 0 aliphatic heterocycles. The van der Waals surface area contributed by atoms with Crippen LogP contribution in [0.5, 0.6) is 0 Å². The first kappa shape index (κ1) is 20.0. The van der Waals surface area contributed by atoms with E-state index in [0.717, 1.165) is 22.3 Å². The summed E-state index contributed by atoms with van der Waals surface area (Å²) in [5.41, 5.74) is 16.0. The van der Waals surface area contributed by atoms with E-state index >= 15 is 0 Å². The fraction of sp³-hybridized carbons (Fsp3) is 0.333. The van der Waals surface area contributed by atoms with Gasteiger partial charge >= 0.3 is 5.97 Å². The number of hydroxylamine groups is 1. The molecule has 0 heterocycles. The van der Waals surface area contributed by atoms with E-state index in [-0.39, 0.29) is 18.9 Å². The highest BCUT2D eigenvalue weighted by Gasteiger charge is 2.42. The molecule has 1 aliphatic rings. The Bertz CT molecular complexity index is 825. The van der Waals surface area contributed by atoms with E-state index in [9.17, 15) is 14.7 Å². The second-order valence-electron chi connectivity index (χ2n) is 6.99. The van der Waals surface area contributed by atoms with Gasteiger partial charge in [-0.2, -0.15) is 0 Å². The van der Waals surface area contributed by atoms with Crippen molar-refractivity contribution < 1.29 is 19.5 Å². The van der Waals surface area contributed by atoms with Crippen molar-refractivity contribution in [3.8, 4) is 11.1 Å². The Balaban J connectivity index is 1.67. The lowest BCUT2D eigenvalue weighted by molar-refractivity contribution is -0.154. The van der Waals surface area contributed by atoms with Gasteiger partial charge in [-0.3, -0.25) is 9.63 Å². The third kappa shape index (κ3) is 3.77. The maximum Gasteiger partial charge on any atom is 0.333 e. The molecule has 0 saturated heterocycles. The van der Waals surface area contributed by atoms with E-state index in [0.29, 0.717) is 19.4 Å². The van der Waals surface area contributed by atoms with Crippen molar-refractivity contribution in [1.29, 1.82) is 0 Å². The number of unbranched alkanes of at least 4 members (excludes halogenated alkanes) is 1. The Labute approximate surface area is 163 Å². The van der Waals surface area contributed by atoms with Gasteiger partial charge in [0.1, 0.15) is 0 Å². The number of hydrogen-bond acceptors (Lipinski definition) is 5. The summed E-state index contributed by atoms with van der Waals surface area (Å²) < 4.78 is 0. The Kier molecular flexibility index (Phi) is 6.08. The largest absolute Gasteiger partial charge is 0.479 e. The van der Waals surface area contributed by atoms with E-state index < -0.39 is 17.4 Å². The highest BCUT2D eigenvalue weighted by atomic mass is 16.7. The standard InChI is InChI=1S/C21H25N3O4/c22-12-6-5-11-21(23,20(26)27)19(25)24-28-13-18-16-9-3-1-7-14(16)15-8-2-4-10-17(15)18/h1-4,7-10,18H,5-6,11-13,22-23H2,(H,24,25)(H,26,27)/t21-/m1/s1. The fourth-order valence-corrected chi connectivity index (χ4v) is 3.59. The van der Waals surface area contributed by atoms with Gasteiger partial charge in [-0.15, -0.1) is 0 Å². The van der Waals surface area contributed by atoms with Crippen LogP contribution in [0.4, 0.5) is 0 Å². The Hall–Kier alpha value is -2.74. The summed E-state index contributed by atoms with van der Waals surface area (Å²) in [6.45, 7) is 0.590. The average molecular weight is 383 g/mol. The van der Waals surface area contributed by atoms with E-state index in [4.69, 9.17) is 16.3 Å². The summed E-state index contributed by atoms with van der Waals surface area (Å²) in [7, 11) is 0. The lowest BCUT2D eigenvalue weighted by atomic mass is 9.93. The summed E-state index contributed by atoms with van der Waals surface area (Å²) >= 11 is 0. The minimum absolute atomic E-state index is 0.0101. The predicted molar refractivity (Wildman–Crippen MR) is 105 cm³/mol. The SMILES string of the molecule is NCCCC[C@](N)(C(=O)O)C(=O)NOCC1c2ccccc2-c2ccccc21. The molecule has 1 amide bonds. The van der Waals surface area contributed by atoms with Crippen molar-refractivity contribution in [3.63, 3.8) is 0 Å². The second kappa shape index (κ2) is 8.52. The minimum atomic E-state index is -2.04. The highest BCUT2D eigenvalue weighted by molar-refractivity contribution is 6.06. The van der Waals surface area contributed by atoms with Crippen LogP contribution in [0, 0.1) is 0 Å². The number of fused-ring (bicyclic) bond motifs is 3. The Morgan fingerprint density at radius 3 is 2.14 bits per heavy atom. The van der Waals surface area contributed by atoms with E-state index in [2.05, 4.69) is 17.6 Å². The van der Waals surface area contributed by atoms with E-state index in [1.165, 1.54) is 0 Å². The van der Waals surface area contributed by atoms with E-state index in [1.807, 2.05) is 36.4 Å². The number of carboxylic acid groups (broad SMARTS) is 1. The summed E-state index contributed by atoms with van der Waals surface area (Å²) in [4.78, 5) is 29.4. The molecule has 0 saturated carbocycles. The number of carboxylic acids is 1. The minimum Gasteiger partial charge on any atom is -0.479 e. The van der Waals surface area contributed by atoms with Gasteiger partial charge in [0, 0.05) is 5.92 Å². The topological polar surface area (TPSA) is 128 Å². The van der Waals surface area contributed by atoms with Crippen molar-refractivity contribution in [1.82, 2.24) is 5.48 Å². The molecule has 0 radical (unpaired) electrons. The molecule has 0 spiro atoms. The van der Waals surface area contributed by atoms with Crippen molar-refractivity contribution in [3.05, 3.63) is 59.7 Å². The molecule has 7 heteroatoms. The van der Waals surface area contributed by atoms with Crippen LogP contribution in [0.25, 0.3) is 11.1 Å². The van der Waals surface area contributed by atoms with Gasteiger partial charge < -0.3 is 16.6 Å². The number of aliphatic carboxylic acids is 1. The van der Waals surface area contributed by atoms with Crippen LogP contribution < -0.4 is 16.9 Å². The number of carbonyl (C=O) groups is 2. The predicted octanol–water partition coefficient (Wildman–Crippen LogP) is 1.76. The summed E-state index contributed by atoms with van der Waals surface area (Å²) in [5.74, 6) is -2.30. The van der Waals surface area contributed by atoms with Crippen molar-refractivity contribution in [2.75, 3.05) is 13.2 Å². The first-order valence-electron chi connectivity index (χ1n) is 9.32. The number of hydrogen-bond donors (Lipinski definition) is 4. The lowest BCUT2D eigenvalue weighted by Crippen LogP contribution is -2.59. The zero-order chi connectivity index (χ0) is 20.1. The monoisotopic (exact) mass is 383 g/mol. The molecule has 7 nitrogen and oxygen atoms in total. The van der Waals surface area contributed by atoms with Gasteiger partial charge in [0.25, 0.3) is 5.91 Å². The third-order valence-corrected chi connectivity index (χ3v) is 5.19. The average Bonchev–Trinajstić information content (AvgIpc) is 3.02. The molecule has 1 aliphatic carbocycles. The van der Waals surface area contributed by atoms with Gasteiger partial charge in [-0.1, -0.05) is 48.5 Å². The zero-order valence-electron chi connectivity index (χ0n) is 15.6. The summed E-state index contributed by atoms with van der Waals surface area (Å²) in [5, 5.41) is 9.40. The molecule has 0 fully saturated rings. The smallest absolute Gasteiger partial charge is 0.333 e. The number of amides is 1. The van der Waals surface area contributed by atoms with Gasteiger partial charge in [-0.05, 0) is 48.1 Å². The highest BCUT2D eigenvalue weighted by Crippen LogP contribution is 2.44. The lowest BCUT2D eigenvalue weighted by Gasteiger charge is -2.23. The van der Waals surface area contributed by atoms with Crippen LogP contribution in [-0.4, -0.2) is 35.7 Å². The van der Waals surface area contributed by atoms with Gasteiger partial charge in [0.05, 0.1) is 6.61 Å². The number of carbonyl (C=O) groups excluding carboxylic acids is 1. The Morgan fingerprint density at radius 1 is 1.04 bits per heavy atom. The van der Waals surface area contributed by atoms with Crippen LogP contribution in [0.15, 0.2) is 48.5 Å². The normalized spacial score (nSPS) is 14.8. The quantitative estimate of drug-likeness (QED) is 0.297. The maximum atomic E-state index is 12.4. The van der Waals surface area contributed by atoms with Crippen LogP contribution in [0.2, 0.25) is 0 Å². The van der Waals surface area contributed by atoms with E-state index in [1.54, 1.807) is 0 Å². The molecule has 0 aromatic heterocycles. The zero-order valence-corrected chi connectivity index (χ0v) is 15.6. The third-order valence-electron chi connectivity index (χ3n) is 5.19. The Morgan fingerprint density at radius 2 is 1.61 bits per heavy atom. The summed E-state index contributed by atoms with van der Waals surface area (Å²) in [6, 6.07) is 16.1. The van der Waals surface area contributed by atoms with Crippen LogP contribution >= 0.6 is 0 Å².